The minimum absolute atomic E-state index is 0.262. The van der Waals surface area contributed by atoms with Crippen molar-refractivity contribution in [2.45, 2.75) is 58.7 Å². The molecule has 8 nitrogen and oxygen atoms in total. The number of aryl methyl sites for hydroxylation is 1. The van der Waals surface area contributed by atoms with Gasteiger partial charge < -0.3 is 29.5 Å². The number of halogens is 1. The van der Waals surface area contributed by atoms with Gasteiger partial charge in [0.25, 0.3) is 5.91 Å². The molecule has 1 amide bonds. The molecule has 3 aromatic carbocycles. The summed E-state index contributed by atoms with van der Waals surface area (Å²) in [6, 6.07) is 21.3. The van der Waals surface area contributed by atoms with Crippen LogP contribution in [0.4, 0.5) is 5.69 Å². The van der Waals surface area contributed by atoms with Crippen LogP contribution in [0.25, 0.3) is 0 Å². The number of carbonyl (C=O) groups excluding carboxylic acids is 1. The van der Waals surface area contributed by atoms with Gasteiger partial charge in [0.05, 0.1) is 20.1 Å². The highest BCUT2D eigenvalue weighted by atomic mass is 35.5. The molecular formula is C35H43ClN2O6. The molecule has 0 fully saturated rings. The lowest BCUT2D eigenvalue weighted by molar-refractivity contribution is -0.147. The van der Waals surface area contributed by atoms with E-state index in [1.165, 1.54) is 5.56 Å². The summed E-state index contributed by atoms with van der Waals surface area (Å²) in [7, 11) is 1.56. The summed E-state index contributed by atoms with van der Waals surface area (Å²) in [4.78, 5) is 27.2. The predicted molar refractivity (Wildman–Crippen MR) is 173 cm³/mol. The Kier molecular flexibility index (Phi) is 11.7. The van der Waals surface area contributed by atoms with Crippen molar-refractivity contribution in [1.82, 2.24) is 5.32 Å². The van der Waals surface area contributed by atoms with Crippen LogP contribution >= 0.6 is 11.6 Å². The number of rotatable bonds is 14. The average Bonchev–Trinajstić information content (AvgIpc) is 3.08. The topological polar surface area (TPSA) is 97.3 Å². The number of hydrogen-bond donors (Lipinski definition) is 2. The largest absolute Gasteiger partial charge is 0.492 e. The van der Waals surface area contributed by atoms with Gasteiger partial charge in [0, 0.05) is 28.4 Å². The van der Waals surface area contributed by atoms with Crippen LogP contribution in [0.3, 0.4) is 0 Å². The summed E-state index contributed by atoms with van der Waals surface area (Å²) >= 11 is 6.47. The van der Waals surface area contributed by atoms with E-state index < -0.39 is 30.5 Å². The number of carboxylic acid groups (broad SMARTS) is 1. The molecule has 1 aliphatic heterocycles. The number of benzene rings is 3. The zero-order valence-electron chi connectivity index (χ0n) is 26.0. The molecule has 44 heavy (non-hydrogen) atoms. The first kappa shape index (κ1) is 33.3. The Morgan fingerprint density at radius 1 is 1.02 bits per heavy atom. The number of amides is 1. The number of fused-ring (bicyclic) bond motifs is 1. The third kappa shape index (κ3) is 8.97. The third-order valence-corrected chi connectivity index (χ3v) is 7.55. The Hall–Kier alpha value is -3.59. The molecule has 0 unspecified atom stereocenters. The van der Waals surface area contributed by atoms with Crippen molar-refractivity contribution in [3.8, 4) is 11.5 Å². The van der Waals surface area contributed by atoms with Crippen molar-refractivity contribution in [1.29, 1.82) is 0 Å². The zero-order chi connectivity index (χ0) is 31.7. The summed E-state index contributed by atoms with van der Waals surface area (Å²) in [6.07, 6.45) is 0.383. The van der Waals surface area contributed by atoms with Crippen LogP contribution in [0.1, 0.15) is 62.8 Å². The number of anilines is 1. The fourth-order valence-electron chi connectivity index (χ4n) is 5.38. The van der Waals surface area contributed by atoms with Gasteiger partial charge in [-0.05, 0) is 67.6 Å². The second kappa shape index (κ2) is 15.4. The Morgan fingerprint density at radius 3 is 2.48 bits per heavy atom. The number of hydrogen-bond acceptors (Lipinski definition) is 6. The first-order valence-corrected chi connectivity index (χ1v) is 15.5. The summed E-state index contributed by atoms with van der Waals surface area (Å²) in [5, 5.41) is 13.6. The van der Waals surface area contributed by atoms with E-state index in [0.717, 1.165) is 32.4 Å². The van der Waals surface area contributed by atoms with E-state index in [-0.39, 0.29) is 5.41 Å². The van der Waals surface area contributed by atoms with Crippen LogP contribution in [0.2, 0.25) is 5.02 Å². The number of ether oxygens (including phenoxy) is 3. The SMILES string of the molecule is COc1c(OCCCNCCCc2ccccc2)cccc1[C@H]1O[C@H](CC(=O)O)C(=O)N(CC(C)(C)C)c2ccc(Cl)cc21. The minimum Gasteiger partial charge on any atom is -0.492 e. The lowest BCUT2D eigenvalue weighted by Crippen LogP contribution is -2.44. The van der Waals surface area contributed by atoms with Crippen LogP contribution in [-0.4, -0.2) is 56.4 Å². The van der Waals surface area contributed by atoms with E-state index >= 15 is 0 Å². The Labute approximate surface area is 265 Å². The number of carboxylic acids is 1. The maximum atomic E-state index is 13.8. The van der Waals surface area contributed by atoms with Gasteiger partial charge in [0.2, 0.25) is 0 Å². The van der Waals surface area contributed by atoms with Crippen LogP contribution in [0, 0.1) is 5.41 Å². The molecule has 0 radical (unpaired) electrons. The van der Waals surface area contributed by atoms with Gasteiger partial charge in [-0.25, -0.2) is 0 Å². The fourth-order valence-corrected chi connectivity index (χ4v) is 5.56. The standard InChI is InChI=1S/C35H43ClN2O6/c1-35(2,3)23-38-28-17-16-25(36)21-27(28)32(44-30(34(38)41)22-31(39)40)26-14-8-15-29(33(26)42-4)43-20-10-19-37-18-9-13-24-11-6-5-7-12-24/h5-8,11-12,14-17,21,30,32,37H,9-10,13,18-20,22-23H2,1-4H3,(H,39,40)/t30-,32-/m1/s1. The van der Waals surface area contributed by atoms with Crippen molar-refractivity contribution < 1.29 is 28.9 Å². The monoisotopic (exact) mass is 622 g/mol. The normalized spacial score (nSPS) is 16.8. The van der Waals surface area contributed by atoms with Crippen LogP contribution in [-0.2, 0) is 20.7 Å². The zero-order valence-corrected chi connectivity index (χ0v) is 26.7. The Morgan fingerprint density at radius 2 is 1.77 bits per heavy atom. The van der Waals surface area contributed by atoms with Gasteiger partial charge in [0.15, 0.2) is 11.5 Å². The van der Waals surface area contributed by atoms with Crippen molar-refractivity contribution in [2.75, 3.05) is 38.3 Å². The van der Waals surface area contributed by atoms with Crippen molar-refractivity contribution in [3.05, 3.63) is 88.4 Å². The lowest BCUT2D eigenvalue weighted by atomic mass is 9.94. The van der Waals surface area contributed by atoms with E-state index in [2.05, 4.69) is 29.6 Å². The highest BCUT2D eigenvalue weighted by Crippen LogP contribution is 2.45. The highest BCUT2D eigenvalue weighted by molar-refractivity contribution is 6.30. The predicted octanol–water partition coefficient (Wildman–Crippen LogP) is 6.68. The van der Waals surface area contributed by atoms with Gasteiger partial charge in [-0.3, -0.25) is 9.59 Å². The molecule has 236 valence electrons. The maximum absolute atomic E-state index is 13.8. The number of nitrogens with one attached hydrogen (secondary N) is 1. The van der Waals surface area contributed by atoms with E-state index in [1.54, 1.807) is 30.2 Å². The smallest absolute Gasteiger partial charge is 0.306 e. The van der Waals surface area contributed by atoms with Crippen LogP contribution < -0.4 is 19.7 Å². The van der Waals surface area contributed by atoms with Crippen LogP contribution in [0.5, 0.6) is 11.5 Å². The first-order chi connectivity index (χ1) is 21.1. The van der Waals surface area contributed by atoms with Crippen molar-refractivity contribution >= 4 is 29.2 Å². The van der Waals surface area contributed by atoms with Crippen LogP contribution in [0.15, 0.2) is 66.7 Å². The Bertz CT molecular complexity index is 1410. The second-order valence-corrected chi connectivity index (χ2v) is 12.6. The highest BCUT2D eigenvalue weighted by Gasteiger charge is 2.40. The quantitative estimate of drug-likeness (QED) is 0.194. The van der Waals surface area contributed by atoms with E-state index in [0.29, 0.717) is 46.5 Å². The molecule has 9 heteroatoms. The molecule has 3 aromatic rings. The summed E-state index contributed by atoms with van der Waals surface area (Å²) in [6.45, 7) is 8.65. The molecule has 0 bridgehead atoms. The van der Waals surface area contributed by atoms with Crippen molar-refractivity contribution in [3.63, 3.8) is 0 Å². The molecule has 0 aromatic heterocycles. The van der Waals surface area contributed by atoms with Crippen molar-refractivity contribution in [2.24, 2.45) is 5.41 Å². The molecular weight excluding hydrogens is 580 g/mol. The molecule has 0 spiro atoms. The molecule has 0 aliphatic carbocycles. The molecule has 2 atom stereocenters. The second-order valence-electron chi connectivity index (χ2n) is 12.2. The number of para-hydroxylation sites is 1. The summed E-state index contributed by atoms with van der Waals surface area (Å²) < 4.78 is 18.4. The number of aliphatic carboxylic acids is 1. The Balaban J connectivity index is 1.52. The maximum Gasteiger partial charge on any atom is 0.306 e. The molecule has 4 rings (SSSR count). The molecule has 0 saturated carbocycles. The van der Waals surface area contributed by atoms with E-state index in [4.69, 9.17) is 25.8 Å². The van der Waals surface area contributed by atoms with E-state index in [9.17, 15) is 14.7 Å². The third-order valence-electron chi connectivity index (χ3n) is 7.31. The lowest BCUT2D eigenvalue weighted by Gasteiger charge is -2.31. The average molecular weight is 623 g/mol. The molecule has 2 N–H and O–H groups in total. The summed E-state index contributed by atoms with van der Waals surface area (Å²) in [5.74, 6) is -0.529. The van der Waals surface area contributed by atoms with Gasteiger partial charge in [0.1, 0.15) is 12.2 Å². The summed E-state index contributed by atoms with van der Waals surface area (Å²) in [5.41, 5.74) is 2.97. The van der Waals surface area contributed by atoms with E-state index in [1.807, 2.05) is 45.0 Å². The van der Waals surface area contributed by atoms with Gasteiger partial charge in [-0.15, -0.1) is 0 Å². The fraction of sp³-hybridized carbons (Fsp3) is 0.429. The van der Waals surface area contributed by atoms with Gasteiger partial charge in [-0.2, -0.15) is 0 Å². The minimum atomic E-state index is -1.21. The number of methoxy groups -OCH3 is 1. The molecule has 1 aliphatic rings. The molecule has 1 heterocycles. The first-order valence-electron chi connectivity index (χ1n) is 15.1. The van der Waals surface area contributed by atoms with Gasteiger partial charge in [-0.1, -0.05) is 74.8 Å². The number of carbonyl (C=O) groups is 2. The molecule has 0 saturated heterocycles. The van der Waals surface area contributed by atoms with Gasteiger partial charge >= 0.3 is 5.97 Å². The number of nitrogens with zero attached hydrogens (tertiary/aromatic N) is 1.